The summed E-state index contributed by atoms with van der Waals surface area (Å²) in [5.74, 6) is 2.02. The van der Waals surface area contributed by atoms with Crippen LogP contribution in [-0.4, -0.2) is 5.78 Å². The Bertz CT molecular complexity index is 374. The Morgan fingerprint density at radius 3 is 2.33 bits per heavy atom. The summed E-state index contributed by atoms with van der Waals surface area (Å²) in [4.78, 5) is 12.4. The monoisotopic (exact) mass is 244 g/mol. The van der Waals surface area contributed by atoms with Gasteiger partial charge in [-0.3, -0.25) is 4.79 Å². The van der Waals surface area contributed by atoms with E-state index in [0.29, 0.717) is 11.7 Å². The molecule has 1 aromatic rings. The number of carbonyl (C=O) groups is 1. The number of benzene rings is 1. The van der Waals surface area contributed by atoms with Crippen molar-refractivity contribution in [2.24, 2.45) is 17.8 Å². The fraction of sp³-hybridized carbons (Fsp3) is 0.588. The second-order valence-electron chi connectivity index (χ2n) is 5.71. The van der Waals surface area contributed by atoms with Crippen molar-refractivity contribution in [1.29, 1.82) is 0 Å². The molecule has 0 aliphatic heterocycles. The van der Waals surface area contributed by atoms with Gasteiger partial charge in [0.15, 0.2) is 5.78 Å². The van der Waals surface area contributed by atoms with E-state index in [1.54, 1.807) is 0 Å². The van der Waals surface area contributed by atoms with Gasteiger partial charge in [0.25, 0.3) is 0 Å². The Labute approximate surface area is 111 Å². The van der Waals surface area contributed by atoms with Crippen LogP contribution in [-0.2, 0) is 0 Å². The topological polar surface area (TPSA) is 17.1 Å². The molecule has 1 heteroatoms. The largest absolute Gasteiger partial charge is 0.294 e. The molecule has 1 atom stereocenters. The molecule has 2 rings (SSSR count). The lowest BCUT2D eigenvalue weighted by atomic mass is 9.74. The second-order valence-corrected chi connectivity index (χ2v) is 5.71. The van der Waals surface area contributed by atoms with Crippen LogP contribution < -0.4 is 0 Å². The Hall–Kier alpha value is -1.11. The molecule has 0 amide bonds. The zero-order valence-electron chi connectivity index (χ0n) is 11.6. The molecule has 18 heavy (non-hydrogen) atoms. The average molecular weight is 244 g/mol. The van der Waals surface area contributed by atoms with Crippen LogP contribution in [0.1, 0.15) is 56.3 Å². The Morgan fingerprint density at radius 1 is 1.17 bits per heavy atom. The fourth-order valence-corrected chi connectivity index (χ4v) is 3.18. The average Bonchev–Trinajstić information content (AvgIpc) is 2.47. The van der Waals surface area contributed by atoms with Gasteiger partial charge in [-0.05, 0) is 24.7 Å². The predicted molar refractivity (Wildman–Crippen MR) is 75.7 cm³/mol. The van der Waals surface area contributed by atoms with Crippen LogP contribution in [0.15, 0.2) is 30.3 Å². The molecule has 1 unspecified atom stereocenters. The first-order valence-corrected chi connectivity index (χ1v) is 7.31. The summed E-state index contributed by atoms with van der Waals surface area (Å²) in [7, 11) is 0. The molecule has 1 aromatic carbocycles. The van der Waals surface area contributed by atoms with Gasteiger partial charge in [-0.2, -0.15) is 0 Å². The van der Waals surface area contributed by atoms with Crippen LogP contribution in [0, 0.1) is 17.8 Å². The van der Waals surface area contributed by atoms with Gasteiger partial charge in [0, 0.05) is 11.5 Å². The zero-order valence-corrected chi connectivity index (χ0v) is 11.6. The molecule has 1 nitrogen and oxygen atoms in total. The van der Waals surface area contributed by atoms with Crippen LogP contribution >= 0.6 is 0 Å². The minimum atomic E-state index is 0.185. The van der Waals surface area contributed by atoms with E-state index >= 15 is 0 Å². The molecular formula is C17H24O. The van der Waals surface area contributed by atoms with E-state index in [0.717, 1.165) is 11.5 Å². The van der Waals surface area contributed by atoms with E-state index in [1.807, 2.05) is 30.3 Å². The minimum Gasteiger partial charge on any atom is -0.294 e. The standard InChI is InChI=1S/C17H24O/c1-3-14-9-11-15(12-10-14)13(2)17(18)16-7-5-4-6-8-16/h4-8,13-15H,3,9-12H2,1-2H3. The van der Waals surface area contributed by atoms with Crippen LogP contribution in [0.3, 0.4) is 0 Å². The number of hydrogen-bond acceptors (Lipinski definition) is 1. The van der Waals surface area contributed by atoms with E-state index < -0.39 is 0 Å². The van der Waals surface area contributed by atoms with E-state index in [-0.39, 0.29) is 5.92 Å². The van der Waals surface area contributed by atoms with Crippen molar-refractivity contribution in [3.8, 4) is 0 Å². The normalized spacial score (nSPS) is 25.7. The number of rotatable bonds is 4. The van der Waals surface area contributed by atoms with E-state index in [9.17, 15) is 4.79 Å². The summed E-state index contributed by atoms with van der Waals surface area (Å²) < 4.78 is 0. The van der Waals surface area contributed by atoms with Crippen molar-refractivity contribution in [2.45, 2.75) is 46.0 Å². The number of carbonyl (C=O) groups excluding carboxylic acids is 1. The molecule has 1 fully saturated rings. The third kappa shape index (κ3) is 3.01. The Balaban J connectivity index is 1.96. The molecule has 0 saturated heterocycles. The highest BCUT2D eigenvalue weighted by atomic mass is 16.1. The summed E-state index contributed by atoms with van der Waals surface area (Å²) in [6.07, 6.45) is 6.39. The third-order valence-corrected chi connectivity index (χ3v) is 4.65. The number of hydrogen-bond donors (Lipinski definition) is 0. The second kappa shape index (κ2) is 6.17. The highest BCUT2D eigenvalue weighted by Crippen LogP contribution is 2.35. The summed E-state index contributed by atoms with van der Waals surface area (Å²) in [6.45, 7) is 4.40. The van der Waals surface area contributed by atoms with Crippen molar-refractivity contribution in [3.05, 3.63) is 35.9 Å². The van der Waals surface area contributed by atoms with Crippen LogP contribution in [0.5, 0.6) is 0 Å². The number of Topliss-reactive ketones (excluding diaryl/α,β-unsaturated/α-hetero) is 1. The lowest BCUT2D eigenvalue weighted by Gasteiger charge is -2.31. The highest BCUT2D eigenvalue weighted by molar-refractivity contribution is 5.97. The highest BCUT2D eigenvalue weighted by Gasteiger charge is 2.28. The molecule has 1 saturated carbocycles. The first kappa shape index (κ1) is 13.3. The summed E-state index contributed by atoms with van der Waals surface area (Å²) in [5.41, 5.74) is 0.877. The summed E-state index contributed by atoms with van der Waals surface area (Å²) >= 11 is 0. The quantitative estimate of drug-likeness (QED) is 0.700. The molecular weight excluding hydrogens is 220 g/mol. The SMILES string of the molecule is CCC1CCC(C(C)C(=O)c2ccccc2)CC1. The molecule has 98 valence electrons. The predicted octanol–water partition coefficient (Wildman–Crippen LogP) is 4.72. The molecule has 1 aliphatic rings. The van der Waals surface area contributed by atoms with Crippen LogP contribution in [0.2, 0.25) is 0 Å². The van der Waals surface area contributed by atoms with E-state index in [1.165, 1.54) is 32.1 Å². The van der Waals surface area contributed by atoms with Crippen LogP contribution in [0.25, 0.3) is 0 Å². The van der Waals surface area contributed by atoms with Crippen molar-refractivity contribution < 1.29 is 4.79 Å². The van der Waals surface area contributed by atoms with Gasteiger partial charge in [0.2, 0.25) is 0 Å². The maximum Gasteiger partial charge on any atom is 0.165 e. The summed E-state index contributed by atoms with van der Waals surface area (Å²) in [6, 6.07) is 9.75. The molecule has 0 bridgehead atoms. The van der Waals surface area contributed by atoms with Gasteiger partial charge in [-0.15, -0.1) is 0 Å². The Morgan fingerprint density at radius 2 is 1.78 bits per heavy atom. The van der Waals surface area contributed by atoms with E-state index in [4.69, 9.17) is 0 Å². The first-order valence-electron chi connectivity index (χ1n) is 7.31. The molecule has 1 aliphatic carbocycles. The zero-order chi connectivity index (χ0) is 13.0. The van der Waals surface area contributed by atoms with Crippen molar-refractivity contribution in [2.75, 3.05) is 0 Å². The number of ketones is 1. The molecule has 0 spiro atoms. The molecule has 0 heterocycles. The van der Waals surface area contributed by atoms with Gasteiger partial charge >= 0.3 is 0 Å². The third-order valence-electron chi connectivity index (χ3n) is 4.65. The fourth-order valence-electron chi connectivity index (χ4n) is 3.18. The van der Waals surface area contributed by atoms with Crippen molar-refractivity contribution >= 4 is 5.78 Å². The van der Waals surface area contributed by atoms with Gasteiger partial charge in [0.1, 0.15) is 0 Å². The van der Waals surface area contributed by atoms with Gasteiger partial charge in [-0.25, -0.2) is 0 Å². The summed E-state index contributed by atoms with van der Waals surface area (Å²) in [5, 5.41) is 0. The van der Waals surface area contributed by atoms with Crippen molar-refractivity contribution in [3.63, 3.8) is 0 Å². The molecule has 0 aromatic heterocycles. The lowest BCUT2D eigenvalue weighted by molar-refractivity contribution is 0.0848. The minimum absolute atomic E-state index is 0.185. The first-order chi connectivity index (χ1) is 8.72. The molecule has 0 N–H and O–H groups in total. The smallest absolute Gasteiger partial charge is 0.165 e. The van der Waals surface area contributed by atoms with Gasteiger partial charge < -0.3 is 0 Å². The maximum atomic E-state index is 12.4. The lowest BCUT2D eigenvalue weighted by Crippen LogP contribution is -2.25. The molecule has 0 radical (unpaired) electrons. The van der Waals surface area contributed by atoms with E-state index in [2.05, 4.69) is 13.8 Å². The van der Waals surface area contributed by atoms with Crippen LogP contribution in [0.4, 0.5) is 0 Å². The van der Waals surface area contributed by atoms with Crippen molar-refractivity contribution in [1.82, 2.24) is 0 Å². The Kier molecular flexibility index (Phi) is 4.57. The maximum absolute atomic E-state index is 12.4. The van der Waals surface area contributed by atoms with Gasteiger partial charge in [-0.1, -0.05) is 63.4 Å². The van der Waals surface area contributed by atoms with Gasteiger partial charge in [0.05, 0.1) is 0 Å².